The molecular weight excluding hydrogens is 288 g/mol. The number of thioether (sulfide) groups is 1. The number of piperidine rings is 1. The Morgan fingerprint density at radius 2 is 2.45 bits per heavy atom. The summed E-state index contributed by atoms with van der Waals surface area (Å²) >= 11 is 3.63. The third-order valence-electron chi connectivity index (χ3n) is 4.22. The molecule has 0 radical (unpaired) electrons. The fraction of sp³-hybridized carbons (Fsp3) is 0.667. The predicted molar refractivity (Wildman–Crippen MR) is 86.5 cm³/mol. The van der Waals surface area contributed by atoms with E-state index in [4.69, 9.17) is 0 Å². The van der Waals surface area contributed by atoms with Gasteiger partial charge in [-0.1, -0.05) is 0 Å². The first-order valence-electron chi connectivity index (χ1n) is 7.41. The molecule has 1 fully saturated rings. The number of nitrogens with zero attached hydrogens (tertiary/aromatic N) is 1. The maximum Gasteiger partial charge on any atom is 0.240 e. The van der Waals surface area contributed by atoms with Crippen molar-refractivity contribution in [2.45, 2.75) is 24.5 Å². The summed E-state index contributed by atoms with van der Waals surface area (Å²) in [7, 11) is 2.00. The van der Waals surface area contributed by atoms with Crippen molar-refractivity contribution < 1.29 is 4.79 Å². The summed E-state index contributed by atoms with van der Waals surface area (Å²) in [5, 5.41) is 5.44. The highest BCUT2D eigenvalue weighted by Crippen LogP contribution is 2.40. The molecule has 1 aromatic heterocycles. The molecule has 2 aliphatic heterocycles. The van der Waals surface area contributed by atoms with Gasteiger partial charge in [0, 0.05) is 18.0 Å². The molecule has 0 saturated carbocycles. The van der Waals surface area contributed by atoms with E-state index in [1.165, 1.54) is 16.9 Å². The number of likely N-dealkylation sites (tertiary alicyclic amines) is 1. The summed E-state index contributed by atoms with van der Waals surface area (Å²) in [4.78, 5) is 16.4. The van der Waals surface area contributed by atoms with Crippen LogP contribution in [-0.2, 0) is 11.2 Å². The highest BCUT2D eigenvalue weighted by Gasteiger charge is 2.33. The third kappa shape index (κ3) is 2.90. The Morgan fingerprint density at radius 3 is 3.30 bits per heavy atom. The average molecular weight is 310 g/mol. The second kappa shape index (κ2) is 6.50. The fourth-order valence-corrected chi connectivity index (χ4v) is 5.61. The SMILES string of the molecule is CNCC1CCCN(C(=O)C2SCCc3sccc32)C1. The molecule has 3 rings (SSSR count). The average Bonchev–Trinajstić information content (AvgIpc) is 2.95. The van der Waals surface area contributed by atoms with Gasteiger partial charge in [-0.2, -0.15) is 0 Å². The van der Waals surface area contributed by atoms with Gasteiger partial charge in [-0.25, -0.2) is 0 Å². The Hall–Kier alpha value is -0.520. The van der Waals surface area contributed by atoms with Crippen LogP contribution in [0.3, 0.4) is 0 Å². The molecule has 2 atom stereocenters. The maximum absolute atomic E-state index is 12.9. The monoisotopic (exact) mass is 310 g/mol. The van der Waals surface area contributed by atoms with Gasteiger partial charge >= 0.3 is 0 Å². The highest BCUT2D eigenvalue weighted by molar-refractivity contribution is 8.00. The molecule has 3 nitrogen and oxygen atoms in total. The summed E-state index contributed by atoms with van der Waals surface area (Å²) in [6.07, 6.45) is 3.52. The van der Waals surface area contributed by atoms with Crippen molar-refractivity contribution in [1.29, 1.82) is 0 Å². The first kappa shape index (κ1) is 14.4. The van der Waals surface area contributed by atoms with E-state index >= 15 is 0 Å². The lowest BCUT2D eigenvalue weighted by molar-refractivity contribution is -0.132. The van der Waals surface area contributed by atoms with Gasteiger partial charge in [-0.05, 0) is 61.5 Å². The maximum atomic E-state index is 12.9. The van der Waals surface area contributed by atoms with E-state index in [9.17, 15) is 4.79 Å². The molecule has 20 heavy (non-hydrogen) atoms. The number of aryl methyl sites for hydroxylation is 1. The van der Waals surface area contributed by atoms with Crippen LogP contribution in [0.1, 0.15) is 28.5 Å². The summed E-state index contributed by atoms with van der Waals surface area (Å²) in [6, 6.07) is 2.16. The molecule has 1 amide bonds. The number of carbonyl (C=O) groups is 1. The molecule has 2 unspecified atom stereocenters. The molecule has 5 heteroatoms. The topological polar surface area (TPSA) is 32.3 Å². The van der Waals surface area contributed by atoms with Crippen molar-refractivity contribution in [1.82, 2.24) is 10.2 Å². The van der Waals surface area contributed by atoms with Crippen molar-refractivity contribution in [2.75, 3.05) is 32.4 Å². The van der Waals surface area contributed by atoms with Crippen LogP contribution in [-0.4, -0.2) is 43.2 Å². The number of rotatable bonds is 3. The number of fused-ring (bicyclic) bond motifs is 1. The van der Waals surface area contributed by atoms with Crippen LogP contribution >= 0.6 is 23.1 Å². The molecule has 0 bridgehead atoms. The van der Waals surface area contributed by atoms with Crippen molar-refractivity contribution in [3.05, 3.63) is 21.9 Å². The van der Waals surface area contributed by atoms with Gasteiger partial charge in [0.1, 0.15) is 5.25 Å². The smallest absolute Gasteiger partial charge is 0.240 e. The largest absolute Gasteiger partial charge is 0.341 e. The van der Waals surface area contributed by atoms with Gasteiger partial charge in [-0.3, -0.25) is 4.79 Å². The van der Waals surface area contributed by atoms with E-state index in [1.807, 2.05) is 30.1 Å². The number of amides is 1. The van der Waals surface area contributed by atoms with Gasteiger partial charge < -0.3 is 10.2 Å². The minimum Gasteiger partial charge on any atom is -0.341 e. The van der Waals surface area contributed by atoms with E-state index in [2.05, 4.69) is 21.7 Å². The minimum absolute atomic E-state index is 0.0540. The summed E-state index contributed by atoms with van der Waals surface area (Å²) in [5.74, 6) is 2.04. The molecule has 0 spiro atoms. The van der Waals surface area contributed by atoms with Crippen LogP contribution in [0, 0.1) is 5.92 Å². The lowest BCUT2D eigenvalue weighted by Gasteiger charge is -2.35. The zero-order chi connectivity index (χ0) is 13.9. The quantitative estimate of drug-likeness (QED) is 0.931. The second-order valence-electron chi connectivity index (χ2n) is 5.65. The first-order valence-corrected chi connectivity index (χ1v) is 9.33. The number of nitrogens with one attached hydrogen (secondary N) is 1. The van der Waals surface area contributed by atoms with Gasteiger partial charge in [0.2, 0.25) is 5.91 Å². The Bertz CT molecular complexity index is 472. The van der Waals surface area contributed by atoms with E-state index in [0.29, 0.717) is 11.8 Å². The molecule has 0 aromatic carbocycles. The Morgan fingerprint density at radius 1 is 1.55 bits per heavy atom. The van der Waals surface area contributed by atoms with Gasteiger partial charge in [-0.15, -0.1) is 23.1 Å². The molecule has 0 aliphatic carbocycles. The van der Waals surface area contributed by atoms with Crippen molar-refractivity contribution in [3.8, 4) is 0 Å². The first-order chi connectivity index (χ1) is 9.79. The number of hydrogen-bond donors (Lipinski definition) is 1. The Kier molecular flexibility index (Phi) is 4.68. The summed E-state index contributed by atoms with van der Waals surface area (Å²) < 4.78 is 0. The van der Waals surface area contributed by atoms with Gasteiger partial charge in [0.05, 0.1) is 0 Å². The zero-order valence-corrected chi connectivity index (χ0v) is 13.6. The summed E-state index contributed by atoms with van der Waals surface area (Å²) in [5.41, 5.74) is 1.28. The fourth-order valence-electron chi connectivity index (χ4n) is 3.24. The van der Waals surface area contributed by atoms with Crippen LogP contribution < -0.4 is 5.32 Å². The van der Waals surface area contributed by atoms with Crippen molar-refractivity contribution >= 4 is 29.0 Å². The molecular formula is C15H22N2OS2. The molecule has 1 saturated heterocycles. The van der Waals surface area contributed by atoms with Crippen molar-refractivity contribution in [2.24, 2.45) is 5.92 Å². The van der Waals surface area contributed by atoms with E-state index < -0.39 is 0 Å². The number of hydrogen-bond acceptors (Lipinski definition) is 4. The van der Waals surface area contributed by atoms with Crippen LogP contribution in [0.2, 0.25) is 0 Å². The van der Waals surface area contributed by atoms with Gasteiger partial charge in [0.15, 0.2) is 0 Å². The predicted octanol–water partition coefficient (Wildman–Crippen LogP) is 2.54. The third-order valence-corrected chi connectivity index (χ3v) is 6.45. The molecule has 3 heterocycles. The van der Waals surface area contributed by atoms with E-state index in [0.717, 1.165) is 38.2 Å². The minimum atomic E-state index is 0.0540. The van der Waals surface area contributed by atoms with Gasteiger partial charge in [0.25, 0.3) is 0 Å². The molecule has 1 aromatic rings. The van der Waals surface area contributed by atoms with Crippen LogP contribution in [0.25, 0.3) is 0 Å². The van der Waals surface area contributed by atoms with Crippen LogP contribution in [0.4, 0.5) is 0 Å². The molecule has 110 valence electrons. The zero-order valence-electron chi connectivity index (χ0n) is 11.9. The Balaban J connectivity index is 1.70. The summed E-state index contributed by atoms with van der Waals surface area (Å²) in [6.45, 7) is 2.89. The van der Waals surface area contributed by atoms with Crippen LogP contribution in [0.15, 0.2) is 11.4 Å². The van der Waals surface area contributed by atoms with Crippen LogP contribution in [0.5, 0.6) is 0 Å². The number of carbonyl (C=O) groups excluding carboxylic acids is 1. The van der Waals surface area contributed by atoms with Crippen molar-refractivity contribution in [3.63, 3.8) is 0 Å². The molecule has 2 aliphatic rings. The number of thiophene rings is 1. The Labute approximate surface area is 129 Å². The normalized spacial score (nSPS) is 26.4. The molecule has 1 N–H and O–H groups in total. The lowest BCUT2D eigenvalue weighted by atomic mass is 9.97. The lowest BCUT2D eigenvalue weighted by Crippen LogP contribution is -2.44. The van der Waals surface area contributed by atoms with E-state index in [-0.39, 0.29) is 5.25 Å². The highest BCUT2D eigenvalue weighted by atomic mass is 32.2. The second-order valence-corrected chi connectivity index (χ2v) is 7.86. The van der Waals surface area contributed by atoms with E-state index in [1.54, 1.807) is 0 Å². The standard InChI is InChI=1S/C15H22N2OS2/c1-16-9-11-3-2-6-17(10-11)15(18)14-12-4-7-19-13(12)5-8-20-14/h4,7,11,14,16H,2-3,5-6,8-10H2,1H3.